The Bertz CT molecular complexity index is 487. The maximum absolute atomic E-state index is 9.17. The predicted molar refractivity (Wildman–Crippen MR) is 69.7 cm³/mol. The lowest BCUT2D eigenvalue weighted by atomic mass is 10.3. The summed E-state index contributed by atoms with van der Waals surface area (Å²) in [5.41, 5.74) is 3.66. The molecule has 4 N–H and O–H groups in total. The summed E-state index contributed by atoms with van der Waals surface area (Å²) in [5.74, 6) is 7.08. The van der Waals surface area contributed by atoms with Crippen molar-refractivity contribution < 1.29 is 5.11 Å². The average molecular weight is 247 g/mol. The van der Waals surface area contributed by atoms with Crippen LogP contribution in [0.25, 0.3) is 0 Å². The summed E-state index contributed by atoms with van der Waals surface area (Å²) in [6, 6.07) is 11.0. The van der Waals surface area contributed by atoms with Crippen molar-refractivity contribution in [1.29, 1.82) is 0 Å². The van der Waals surface area contributed by atoms with Crippen LogP contribution in [0.1, 0.15) is 5.56 Å². The lowest BCUT2D eigenvalue weighted by Gasteiger charge is -2.04. The number of phenolic OH excluding ortho intramolecular Hbond substituents is 1. The van der Waals surface area contributed by atoms with Crippen LogP contribution in [0.15, 0.2) is 47.5 Å². The van der Waals surface area contributed by atoms with Gasteiger partial charge in [0, 0.05) is 16.8 Å². The van der Waals surface area contributed by atoms with Crippen molar-refractivity contribution in [3.63, 3.8) is 0 Å². The highest BCUT2D eigenvalue weighted by Crippen LogP contribution is 2.24. The van der Waals surface area contributed by atoms with Crippen LogP contribution in [-0.2, 0) is 5.75 Å². The Kier molecular flexibility index (Phi) is 3.85. The van der Waals surface area contributed by atoms with Crippen molar-refractivity contribution in [3.05, 3.63) is 48.2 Å². The number of thioether (sulfide) groups is 1. The second kappa shape index (κ2) is 5.56. The van der Waals surface area contributed by atoms with Gasteiger partial charge in [0.2, 0.25) is 0 Å². The largest absolute Gasteiger partial charge is 0.508 e. The summed E-state index contributed by atoms with van der Waals surface area (Å²) in [6.45, 7) is 0. The van der Waals surface area contributed by atoms with Crippen molar-refractivity contribution >= 4 is 17.6 Å². The summed E-state index contributed by atoms with van der Waals surface area (Å²) in [5, 5.41) is 9.17. The summed E-state index contributed by atoms with van der Waals surface area (Å²) in [4.78, 5) is 5.16. The number of anilines is 1. The van der Waals surface area contributed by atoms with Gasteiger partial charge in [-0.2, -0.15) is 0 Å². The van der Waals surface area contributed by atoms with Crippen LogP contribution in [0.2, 0.25) is 0 Å². The fraction of sp³-hybridized carbons (Fsp3) is 0.0833. The molecular weight excluding hydrogens is 234 g/mol. The van der Waals surface area contributed by atoms with Crippen molar-refractivity contribution in [2.75, 3.05) is 5.43 Å². The maximum Gasteiger partial charge on any atom is 0.140 e. The van der Waals surface area contributed by atoms with E-state index in [0.29, 0.717) is 5.82 Å². The zero-order valence-electron chi connectivity index (χ0n) is 9.13. The van der Waals surface area contributed by atoms with Crippen molar-refractivity contribution in [1.82, 2.24) is 4.98 Å². The van der Waals surface area contributed by atoms with Gasteiger partial charge < -0.3 is 10.5 Å². The van der Waals surface area contributed by atoms with E-state index >= 15 is 0 Å². The Morgan fingerprint density at radius 3 is 2.71 bits per heavy atom. The van der Waals surface area contributed by atoms with Gasteiger partial charge in [0.05, 0.1) is 0 Å². The third kappa shape index (κ3) is 3.37. The van der Waals surface area contributed by atoms with Gasteiger partial charge in [0.15, 0.2) is 0 Å². The van der Waals surface area contributed by atoms with Crippen LogP contribution < -0.4 is 11.3 Å². The molecule has 5 heteroatoms. The van der Waals surface area contributed by atoms with Crippen molar-refractivity contribution in [2.45, 2.75) is 10.6 Å². The molecule has 1 heterocycles. The Balaban J connectivity index is 1.99. The van der Waals surface area contributed by atoms with E-state index in [1.54, 1.807) is 30.1 Å². The first-order valence-electron chi connectivity index (χ1n) is 5.11. The quantitative estimate of drug-likeness (QED) is 0.439. The predicted octanol–water partition coefficient (Wildman–Crippen LogP) is 2.37. The van der Waals surface area contributed by atoms with Gasteiger partial charge in [-0.1, -0.05) is 0 Å². The lowest BCUT2D eigenvalue weighted by molar-refractivity contribution is 0.475. The van der Waals surface area contributed by atoms with E-state index in [-0.39, 0.29) is 5.75 Å². The molecule has 17 heavy (non-hydrogen) atoms. The first kappa shape index (κ1) is 11.8. The number of hydrogen-bond donors (Lipinski definition) is 3. The fourth-order valence-corrected chi connectivity index (χ4v) is 2.19. The van der Waals surface area contributed by atoms with Crippen LogP contribution in [0.3, 0.4) is 0 Å². The molecule has 4 nitrogen and oxygen atoms in total. The molecule has 0 aliphatic rings. The monoisotopic (exact) mass is 247 g/mol. The van der Waals surface area contributed by atoms with Crippen molar-refractivity contribution in [2.24, 2.45) is 5.84 Å². The molecule has 0 bridgehead atoms. The lowest BCUT2D eigenvalue weighted by Crippen LogP contribution is -2.08. The molecule has 2 rings (SSSR count). The molecule has 2 aromatic rings. The number of rotatable bonds is 4. The normalized spacial score (nSPS) is 10.2. The molecule has 0 spiro atoms. The Hall–Kier alpha value is -1.72. The van der Waals surface area contributed by atoms with Gasteiger partial charge in [-0.3, -0.25) is 0 Å². The number of benzene rings is 1. The number of hydrazine groups is 1. The van der Waals surface area contributed by atoms with Crippen LogP contribution in [0.5, 0.6) is 5.75 Å². The summed E-state index contributed by atoms with van der Waals surface area (Å²) < 4.78 is 0. The van der Waals surface area contributed by atoms with E-state index < -0.39 is 0 Å². The number of phenols is 1. The molecule has 88 valence electrons. The van der Waals surface area contributed by atoms with Gasteiger partial charge in [0.25, 0.3) is 0 Å². The summed E-state index contributed by atoms with van der Waals surface area (Å²) in [6.07, 6.45) is 1.72. The molecule has 0 unspecified atom stereocenters. The third-order valence-electron chi connectivity index (χ3n) is 2.21. The Morgan fingerprint density at radius 2 is 2.00 bits per heavy atom. The molecule has 1 aromatic heterocycles. The highest BCUT2D eigenvalue weighted by atomic mass is 32.2. The van der Waals surface area contributed by atoms with E-state index in [4.69, 9.17) is 5.84 Å². The SMILES string of the molecule is NNc1cc(CSc2ccc(O)cc2)ccn1. The van der Waals surface area contributed by atoms with Crippen LogP contribution in [-0.4, -0.2) is 10.1 Å². The first-order chi connectivity index (χ1) is 8.28. The maximum atomic E-state index is 9.17. The topological polar surface area (TPSA) is 71.2 Å². The Morgan fingerprint density at radius 1 is 1.24 bits per heavy atom. The minimum absolute atomic E-state index is 0.285. The molecule has 0 aliphatic carbocycles. The Labute approximate surface area is 104 Å². The number of pyridine rings is 1. The van der Waals surface area contributed by atoms with E-state index in [1.807, 2.05) is 24.3 Å². The van der Waals surface area contributed by atoms with Gasteiger partial charge in [-0.05, 0) is 42.0 Å². The fourth-order valence-electron chi connectivity index (χ4n) is 1.35. The van der Waals surface area contributed by atoms with E-state index in [1.165, 1.54) is 0 Å². The summed E-state index contributed by atoms with van der Waals surface area (Å²) in [7, 11) is 0. The van der Waals surface area contributed by atoms with E-state index in [9.17, 15) is 5.11 Å². The van der Waals surface area contributed by atoms with Crippen LogP contribution in [0.4, 0.5) is 5.82 Å². The van der Waals surface area contributed by atoms with E-state index in [2.05, 4.69) is 10.4 Å². The van der Waals surface area contributed by atoms with Crippen LogP contribution in [0, 0.1) is 0 Å². The molecule has 0 aliphatic heterocycles. The first-order valence-corrected chi connectivity index (χ1v) is 6.10. The number of aromatic hydroxyl groups is 1. The standard InChI is InChI=1S/C12H13N3OS/c13-15-12-7-9(5-6-14-12)8-17-11-3-1-10(16)2-4-11/h1-7,16H,8,13H2,(H,14,15). The number of nitrogens with two attached hydrogens (primary N) is 1. The van der Waals surface area contributed by atoms with Crippen molar-refractivity contribution in [3.8, 4) is 5.75 Å². The zero-order valence-corrected chi connectivity index (χ0v) is 9.95. The number of aromatic nitrogens is 1. The molecule has 1 aromatic carbocycles. The van der Waals surface area contributed by atoms with Gasteiger partial charge in [-0.15, -0.1) is 11.8 Å². The van der Waals surface area contributed by atoms with Gasteiger partial charge >= 0.3 is 0 Å². The smallest absolute Gasteiger partial charge is 0.140 e. The minimum atomic E-state index is 0.285. The second-order valence-electron chi connectivity index (χ2n) is 3.48. The number of nitrogens with zero attached hydrogens (tertiary/aromatic N) is 1. The highest BCUT2D eigenvalue weighted by molar-refractivity contribution is 7.98. The molecule has 0 amide bonds. The van der Waals surface area contributed by atoms with Gasteiger partial charge in [0.1, 0.15) is 11.6 Å². The molecule has 0 atom stereocenters. The van der Waals surface area contributed by atoms with Crippen LogP contribution >= 0.6 is 11.8 Å². The minimum Gasteiger partial charge on any atom is -0.508 e. The number of hydrogen-bond acceptors (Lipinski definition) is 5. The molecule has 0 radical (unpaired) electrons. The molecule has 0 saturated heterocycles. The average Bonchev–Trinajstić information content (AvgIpc) is 2.38. The molecule has 0 saturated carbocycles. The highest BCUT2D eigenvalue weighted by Gasteiger charge is 1.98. The number of nitrogen functional groups attached to an aromatic ring is 1. The third-order valence-corrected chi connectivity index (χ3v) is 3.30. The zero-order chi connectivity index (χ0) is 12.1. The molecular formula is C12H13N3OS. The van der Waals surface area contributed by atoms with Gasteiger partial charge in [-0.25, -0.2) is 10.8 Å². The number of nitrogens with one attached hydrogen (secondary N) is 1. The molecule has 0 fully saturated rings. The van der Waals surface area contributed by atoms with E-state index in [0.717, 1.165) is 16.2 Å². The second-order valence-corrected chi connectivity index (χ2v) is 4.52. The summed E-state index contributed by atoms with van der Waals surface area (Å²) >= 11 is 1.69.